The summed E-state index contributed by atoms with van der Waals surface area (Å²) >= 11 is 0. The smallest absolute Gasteiger partial charge is 0.367 e. The quantitative estimate of drug-likeness (QED) is 0.814. The van der Waals surface area contributed by atoms with Gasteiger partial charge in [-0.05, 0) is 31.0 Å². The second-order valence-corrected chi connectivity index (χ2v) is 5.30. The second-order valence-electron chi connectivity index (χ2n) is 5.30. The van der Waals surface area contributed by atoms with Crippen LogP contribution in [-0.4, -0.2) is 22.8 Å². The molecule has 0 N–H and O–H groups in total. The van der Waals surface area contributed by atoms with E-state index in [4.69, 9.17) is 9.25 Å². The Kier molecular flexibility index (Phi) is 2.66. The van der Waals surface area contributed by atoms with Gasteiger partial charge in [-0.2, -0.15) is 0 Å². The van der Waals surface area contributed by atoms with Crippen molar-refractivity contribution in [2.45, 2.75) is 18.8 Å². The molecule has 2 aliphatic rings. The van der Waals surface area contributed by atoms with Crippen molar-refractivity contribution in [2.24, 2.45) is 0 Å². The molecule has 1 aliphatic carbocycles. The zero-order valence-corrected chi connectivity index (χ0v) is 11.4. The lowest BCUT2D eigenvalue weighted by Gasteiger charge is -2.12. The van der Waals surface area contributed by atoms with Gasteiger partial charge in [0.05, 0.1) is 17.4 Å². The molecule has 0 saturated heterocycles. The van der Waals surface area contributed by atoms with Gasteiger partial charge in [-0.1, -0.05) is 17.2 Å². The van der Waals surface area contributed by atoms with Crippen molar-refractivity contribution in [3.63, 3.8) is 0 Å². The van der Waals surface area contributed by atoms with E-state index in [-0.39, 0.29) is 22.6 Å². The van der Waals surface area contributed by atoms with Crippen molar-refractivity contribution < 1.29 is 23.6 Å². The van der Waals surface area contributed by atoms with Crippen molar-refractivity contribution >= 4 is 17.8 Å². The first-order valence-electron chi connectivity index (χ1n) is 6.94. The summed E-state index contributed by atoms with van der Waals surface area (Å²) in [5.41, 5.74) is 0.726. The standard InChI is InChI=1S/C16H11NO5/c18-14-10-3-1-2-4-11(10)15(19)17(14)22-16(20)12-7-8-21-13(12)9-5-6-9/h1-4,7-9H,5-6H2. The maximum atomic E-state index is 12.2. The van der Waals surface area contributed by atoms with Crippen LogP contribution in [0.4, 0.5) is 0 Å². The first-order chi connectivity index (χ1) is 10.7. The number of nitrogens with zero attached hydrogens (tertiary/aromatic N) is 1. The van der Waals surface area contributed by atoms with Crippen LogP contribution in [0.3, 0.4) is 0 Å². The van der Waals surface area contributed by atoms with E-state index in [1.165, 1.54) is 24.5 Å². The molecule has 22 heavy (non-hydrogen) atoms. The SMILES string of the molecule is O=C(ON1C(=O)c2ccccc2C1=O)c1ccoc1C1CC1. The normalized spacial score (nSPS) is 16.8. The molecule has 2 aromatic rings. The number of carbonyl (C=O) groups is 3. The molecule has 1 saturated carbocycles. The summed E-state index contributed by atoms with van der Waals surface area (Å²) in [6.07, 6.45) is 3.33. The van der Waals surface area contributed by atoms with Crippen molar-refractivity contribution in [2.75, 3.05) is 0 Å². The monoisotopic (exact) mass is 297 g/mol. The topological polar surface area (TPSA) is 76.8 Å². The largest absolute Gasteiger partial charge is 0.468 e. The molecular weight excluding hydrogens is 286 g/mol. The van der Waals surface area contributed by atoms with Crippen molar-refractivity contribution in [3.8, 4) is 0 Å². The summed E-state index contributed by atoms with van der Waals surface area (Å²) in [4.78, 5) is 41.5. The number of hydrogen-bond acceptors (Lipinski definition) is 5. The Morgan fingerprint density at radius 3 is 2.32 bits per heavy atom. The predicted octanol–water partition coefficient (Wildman–Crippen LogP) is 2.53. The number of carbonyl (C=O) groups excluding carboxylic acids is 3. The number of rotatable bonds is 3. The predicted molar refractivity (Wildman–Crippen MR) is 73.0 cm³/mol. The minimum absolute atomic E-state index is 0.222. The van der Waals surface area contributed by atoms with Crippen LogP contribution in [0.15, 0.2) is 41.0 Å². The van der Waals surface area contributed by atoms with Crippen LogP contribution in [0.1, 0.15) is 55.6 Å². The molecule has 6 nitrogen and oxygen atoms in total. The summed E-state index contributed by atoms with van der Waals surface area (Å²) in [7, 11) is 0. The molecule has 110 valence electrons. The molecule has 1 aromatic carbocycles. The molecule has 1 aromatic heterocycles. The van der Waals surface area contributed by atoms with E-state index in [2.05, 4.69) is 0 Å². The van der Waals surface area contributed by atoms with Gasteiger partial charge in [-0.3, -0.25) is 9.59 Å². The Balaban J connectivity index is 1.59. The van der Waals surface area contributed by atoms with Crippen molar-refractivity contribution in [1.29, 1.82) is 0 Å². The van der Waals surface area contributed by atoms with Gasteiger partial charge in [0.15, 0.2) is 0 Å². The Morgan fingerprint density at radius 2 is 1.73 bits per heavy atom. The molecule has 0 radical (unpaired) electrons. The van der Waals surface area contributed by atoms with Gasteiger partial charge < -0.3 is 9.25 Å². The lowest BCUT2D eigenvalue weighted by molar-refractivity contribution is -0.0586. The van der Waals surface area contributed by atoms with Gasteiger partial charge >= 0.3 is 5.97 Å². The number of hydrogen-bond donors (Lipinski definition) is 0. The Morgan fingerprint density at radius 1 is 1.09 bits per heavy atom. The van der Waals surface area contributed by atoms with E-state index in [1.807, 2.05) is 0 Å². The fourth-order valence-electron chi connectivity index (χ4n) is 2.53. The highest BCUT2D eigenvalue weighted by Gasteiger charge is 2.40. The second kappa shape index (κ2) is 4.56. The summed E-state index contributed by atoms with van der Waals surface area (Å²) in [6.45, 7) is 0. The zero-order chi connectivity index (χ0) is 15.3. The van der Waals surface area contributed by atoms with Crippen LogP contribution >= 0.6 is 0 Å². The maximum Gasteiger partial charge on any atom is 0.367 e. The first kappa shape index (κ1) is 12.8. The highest BCUT2D eigenvalue weighted by Crippen LogP contribution is 2.42. The lowest BCUT2D eigenvalue weighted by Crippen LogP contribution is -2.32. The Hall–Kier alpha value is -2.89. The van der Waals surface area contributed by atoms with Crippen LogP contribution < -0.4 is 0 Å². The molecule has 0 spiro atoms. The van der Waals surface area contributed by atoms with E-state index in [0.29, 0.717) is 10.8 Å². The van der Waals surface area contributed by atoms with Gasteiger partial charge in [-0.15, -0.1) is 0 Å². The first-order valence-corrected chi connectivity index (χ1v) is 6.94. The molecule has 2 amide bonds. The van der Waals surface area contributed by atoms with E-state index in [1.54, 1.807) is 12.1 Å². The summed E-state index contributed by atoms with van der Waals surface area (Å²) < 4.78 is 5.30. The number of furan rings is 1. The van der Waals surface area contributed by atoms with Crippen LogP contribution in [0.25, 0.3) is 0 Å². The average molecular weight is 297 g/mol. The third-order valence-corrected chi connectivity index (χ3v) is 3.79. The van der Waals surface area contributed by atoms with Crippen LogP contribution in [0, 0.1) is 0 Å². The van der Waals surface area contributed by atoms with Gasteiger partial charge in [0.1, 0.15) is 11.3 Å². The molecule has 0 atom stereocenters. The molecule has 2 heterocycles. The molecular formula is C16H11NO5. The fourth-order valence-corrected chi connectivity index (χ4v) is 2.53. The Labute approximate surface area is 125 Å². The molecule has 6 heteroatoms. The number of imide groups is 1. The molecule has 1 aliphatic heterocycles. The average Bonchev–Trinajstić information content (AvgIpc) is 3.22. The third kappa shape index (κ3) is 1.84. The minimum atomic E-state index is -0.759. The number of fused-ring (bicyclic) bond motifs is 1. The van der Waals surface area contributed by atoms with Crippen LogP contribution in [0.5, 0.6) is 0 Å². The van der Waals surface area contributed by atoms with Crippen molar-refractivity contribution in [3.05, 3.63) is 59.0 Å². The van der Waals surface area contributed by atoms with E-state index in [0.717, 1.165) is 12.8 Å². The lowest BCUT2D eigenvalue weighted by atomic mass is 10.1. The molecule has 1 fully saturated rings. The van der Waals surface area contributed by atoms with Gasteiger partial charge in [-0.25, -0.2) is 4.79 Å². The van der Waals surface area contributed by atoms with E-state index in [9.17, 15) is 14.4 Å². The summed E-state index contributed by atoms with van der Waals surface area (Å²) in [6, 6.07) is 7.84. The minimum Gasteiger partial charge on any atom is -0.468 e. The fraction of sp³-hybridized carbons (Fsp3) is 0.188. The van der Waals surface area contributed by atoms with Crippen LogP contribution in [0.2, 0.25) is 0 Å². The van der Waals surface area contributed by atoms with Crippen molar-refractivity contribution in [1.82, 2.24) is 5.06 Å². The number of benzene rings is 1. The highest BCUT2D eigenvalue weighted by molar-refractivity contribution is 6.21. The van der Waals surface area contributed by atoms with E-state index >= 15 is 0 Å². The Bertz CT molecular complexity index is 767. The molecule has 0 bridgehead atoms. The summed E-state index contributed by atoms with van der Waals surface area (Å²) in [5, 5.41) is 0.511. The number of hydroxylamine groups is 2. The van der Waals surface area contributed by atoms with E-state index < -0.39 is 17.8 Å². The molecule has 0 unspecified atom stereocenters. The molecule has 4 rings (SSSR count). The highest BCUT2D eigenvalue weighted by atomic mass is 16.7. The van der Waals surface area contributed by atoms with Gasteiger partial charge in [0.25, 0.3) is 11.8 Å². The maximum absolute atomic E-state index is 12.2. The number of amides is 2. The van der Waals surface area contributed by atoms with Gasteiger partial charge in [0, 0.05) is 5.92 Å². The van der Waals surface area contributed by atoms with Gasteiger partial charge in [0.2, 0.25) is 0 Å². The summed E-state index contributed by atoms with van der Waals surface area (Å²) in [5.74, 6) is -1.25. The van der Waals surface area contributed by atoms with Crippen LogP contribution in [-0.2, 0) is 4.84 Å². The third-order valence-electron chi connectivity index (χ3n) is 3.79. The zero-order valence-electron chi connectivity index (χ0n) is 11.4.